The van der Waals surface area contributed by atoms with Gasteiger partial charge in [0, 0.05) is 0 Å². The number of rotatable bonds is 6. The van der Waals surface area contributed by atoms with Crippen LogP contribution in [0.4, 0.5) is 0 Å². The van der Waals surface area contributed by atoms with E-state index in [1.807, 2.05) is 6.92 Å². The van der Waals surface area contributed by atoms with Crippen LogP contribution in [0.1, 0.15) is 37.9 Å². The van der Waals surface area contributed by atoms with Crippen molar-refractivity contribution in [1.29, 1.82) is 0 Å². The molecule has 0 aliphatic carbocycles. The molecule has 0 radical (unpaired) electrons. The molecule has 1 aromatic rings. The first-order valence-electron chi connectivity index (χ1n) is 4.83. The molecule has 0 atom stereocenters. The Kier molecular flexibility index (Phi) is 4.46. The average Bonchev–Trinajstić information content (AvgIpc) is 2.51. The Labute approximate surface area is 78.7 Å². The third kappa shape index (κ3) is 4.03. The van der Waals surface area contributed by atoms with E-state index in [2.05, 4.69) is 22.4 Å². The number of unbranched alkanes of at least 4 members (excludes halogenated alkanes) is 2. The van der Waals surface area contributed by atoms with Crippen molar-refractivity contribution in [2.45, 2.75) is 39.7 Å². The van der Waals surface area contributed by atoms with Crippen LogP contribution in [-0.4, -0.2) is 16.7 Å². The van der Waals surface area contributed by atoms with Gasteiger partial charge in [0.25, 0.3) is 0 Å². The zero-order valence-electron chi connectivity index (χ0n) is 8.34. The number of aryl methyl sites for hydroxylation is 1. The van der Waals surface area contributed by atoms with Crippen LogP contribution in [0, 0.1) is 6.92 Å². The number of hydrogen-bond acceptors (Lipinski definition) is 4. The third-order valence-electron chi connectivity index (χ3n) is 1.80. The van der Waals surface area contributed by atoms with E-state index in [9.17, 15) is 0 Å². The van der Waals surface area contributed by atoms with Gasteiger partial charge in [-0.05, 0) is 19.9 Å². The molecular formula is C9H17N3O. The molecule has 13 heavy (non-hydrogen) atoms. The predicted octanol–water partition coefficient (Wildman–Crippen LogP) is 1.66. The van der Waals surface area contributed by atoms with Crippen molar-refractivity contribution in [2.75, 3.05) is 6.54 Å². The summed E-state index contributed by atoms with van der Waals surface area (Å²) in [6.45, 7) is 5.73. The van der Waals surface area contributed by atoms with E-state index in [1.54, 1.807) is 0 Å². The molecule has 1 heterocycles. The van der Waals surface area contributed by atoms with E-state index in [-0.39, 0.29) is 0 Å². The molecule has 1 N–H and O–H groups in total. The van der Waals surface area contributed by atoms with E-state index >= 15 is 0 Å². The highest BCUT2D eigenvalue weighted by Gasteiger charge is 2.00. The molecule has 0 aromatic carbocycles. The lowest BCUT2D eigenvalue weighted by molar-refractivity contribution is 0.363. The Morgan fingerprint density at radius 3 is 2.85 bits per heavy atom. The maximum Gasteiger partial charge on any atom is 0.240 e. The molecule has 0 aliphatic rings. The van der Waals surface area contributed by atoms with Crippen LogP contribution in [-0.2, 0) is 6.54 Å². The fourth-order valence-corrected chi connectivity index (χ4v) is 1.11. The number of nitrogens with one attached hydrogen (secondary N) is 1. The standard InChI is InChI=1S/C9H17N3O/c1-3-4-5-6-10-7-9-11-8(2)12-13-9/h10H,3-7H2,1-2H3. The van der Waals surface area contributed by atoms with Gasteiger partial charge in [-0.1, -0.05) is 24.9 Å². The van der Waals surface area contributed by atoms with Crippen LogP contribution < -0.4 is 5.32 Å². The third-order valence-corrected chi connectivity index (χ3v) is 1.80. The summed E-state index contributed by atoms with van der Waals surface area (Å²) in [4.78, 5) is 4.09. The van der Waals surface area contributed by atoms with Crippen LogP contribution in [0.3, 0.4) is 0 Å². The molecule has 1 aromatic heterocycles. The molecule has 0 amide bonds. The summed E-state index contributed by atoms with van der Waals surface area (Å²) in [7, 11) is 0. The lowest BCUT2D eigenvalue weighted by Crippen LogP contribution is -2.14. The van der Waals surface area contributed by atoms with Crippen molar-refractivity contribution in [2.24, 2.45) is 0 Å². The van der Waals surface area contributed by atoms with Gasteiger partial charge in [0.2, 0.25) is 5.89 Å². The summed E-state index contributed by atoms with van der Waals surface area (Å²) in [5, 5.41) is 6.96. The SMILES string of the molecule is CCCCCNCc1nc(C)no1. The smallest absolute Gasteiger partial charge is 0.240 e. The second-order valence-electron chi connectivity index (χ2n) is 3.12. The van der Waals surface area contributed by atoms with Crippen molar-refractivity contribution >= 4 is 0 Å². The van der Waals surface area contributed by atoms with Crippen molar-refractivity contribution < 1.29 is 4.52 Å². The van der Waals surface area contributed by atoms with Crippen molar-refractivity contribution in [3.8, 4) is 0 Å². The zero-order valence-corrected chi connectivity index (χ0v) is 8.34. The molecule has 0 spiro atoms. The van der Waals surface area contributed by atoms with Gasteiger partial charge in [0.15, 0.2) is 5.82 Å². The highest BCUT2D eigenvalue weighted by molar-refractivity contribution is 4.81. The second-order valence-corrected chi connectivity index (χ2v) is 3.12. The van der Waals surface area contributed by atoms with Crippen molar-refractivity contribution in [3.05, 3.63) is 11.7 Å². The van der Waals surface area contributed by atoms with Gasteiger partial charge < -0.3 is 9.84 Å². The Bertz CT molecular complexity index is 235. The Morgan fingerprint density at radius 1 is 1.38 bits per heavy atom. The Balaban J connectivity index is 2.06. The van der Waals surface area contributed by atoms with Crippen molar-refractivity contribution in [1.82, 2.24) is 15.5 Å². The van der Waals surface area contributed by atoms with E-state index < -0.39 is 0 Å². The quantitative estimate of drug-likeness (QED) is 0.681. The summed E-state index contributed by atoms with van der Waals surface area (Å²) in [6, 6.07) is 0. The van der Waals surface area contributed by atoms with Crippen LogP contribution in [0.15, 0.2) is 4.52 Å². The number of aromatic nitrogens is 2. The number of nitrogens with zero attached hydrogens (tertiary/aromatic N) is 2. The molecular weight excluding hydrogens is 166 g/mol. The van der Waals surface area contributed by atoms with Gasteiger partial charge in [-0.3, -0.25) is 0 Å². The van der Waals surface area contributed by atoms with Gasteiger partial charge in [-0.25, -0.2) is 0 Å². The molecule has 0 unspecified atom stereocenters. The molecule has 0 saturated heterocycles. The van der Waals surface area contributed by atoms with E-state index in [0.29, 0.717) is 18.3 Å². The van der Waals surface area contributed by atoms with Gasteiger partial charge in [0.1, 0.15) is 0 Å². The Hall–Kier alpha value is -0.900. The van der Waals surface area contributed by atoms with Gasteiger partial charge in [0.05, 0.1) is 6.54 Å². The lowest BCUT2D eigenvalue weighted by atomic mass is 10.2. The van der Waals surface area contributed by atoms with E-state index in [4.69, 9.17) is 4.52 Å². The monoisotopic (exact) mass is 183 g/mol. The maximum atomic E-state index is 4.95. The van der Waals surface area contributed by atoms with Crippen LogP contribution in [0.5, 0.6) is 0 Å². The summed E-state index contributed by atoms with van der Waals surface area (Å²) in [5.74, 6) is 1.37. The Morgan fingerprint density at radius 2 is 2.23 bits per heavy atom. The average molecular weight is 183 g/mol. The van der Waals surface area contributed by atoms with Crippen molar-refractivity contribution in [3.63, 3.8) is 0 Å². The number of hydrogen-bond donors (Lipinski definition) is 1. The highest BCUT2D eigenvalue weighted by atomic mass is 16.5. The first kappa shape index (κ1) is 10.2. The summed E-state index contributed by atoms with van der Waals surface area (Å²) in [5.41, 5.74) is 0. The molecule has 4 heteroatoms. The highest BCUT2D eigenvalue weighted by Crippen LogP contribution is 1.95. The minimum Gasteiger partial charge on any atom is -0.338 e. The molecule has 0 aliphatic heterocycles. The minimum absolute atomic E-state index is 0.675. The van der Waals surface area contributed by atoms with E-state index in [0.717, 1.165) is 6.54 Å². The normalized spacial score (nSPS) is 10.6. The van der Waals surface area contributed by atoms with Crippen LogP contribution in [0.2, 0.25) is 0 Å². The fraction of sp³-hybridized carbons (Fsp3) is 0.778. The largest absolute Gasteiger partial charge is 0.338 e. The minimum atomic E-state index is 0.675. The second kappa shape index (κ2) is 5.70. The summed E-state index contributed by atoms with van der Waals surface area (Å²) < 4.78 is 4.95. The predicted molar refractivity (Wildman–Crippen MR) is 50.3 cm³/mol. The first-order valence-corrected chi connectivity index (χ1v) is 4.83. The molecule has 0 fully saturated rings. The van der Waals surface area contributed by atoms with Gasteiger partial charge in [-0.2, -0.15) is 4.98 Å². The van der Waals surface area contributed by atoms with E-state index in [1.165, 1.54) is 19.3 Å². The first-order chi connectivity index (χ1) is 6.33. The zero-order chi connectivity index (χ0) is 9.52. The fourth-order valence-electron chi connectivity index (χ4n) is 1.11. The van der Waals surface area contributed by atoms with Crippen LogP contribution >= 0.6 is 0 Å². The molecule has 0 bridgehead atoms. The molecule has 74 valence electrons. The lowest BCUT2D eigenvalue weighted by Gasteiger charge is -1.99. The van der Waals surface area contributed by atoms with Crippen LogP contribution in [0.25, 0.3) is 0 Å². The molecule has 4 nitrogen and oxygen atoms in total. The molecule has 0 saturated carbocycles. The van der Waals surface area contributed by atoms with Gasteiger partial charge in [-0.15, -0.1) is 0 Å². The topological polar surface area (TPSA) is 51.0 Å². The summed E-state index contributed by atoms with van der Waals surface area (Å²) >= 11 is 0. The van der Waals surface area contributed by atoms with Gasteiger partial charge >= 0.3 is 0 Å². The maximum absolute atomic E-state index is 4.95. The molecule has 1 rings (SSSR count). The summed E-state index contributed by atoms with van der Waals surface area (Å²) in [6.07, 6.45) is 3.74.